The lowest BCUT2D eigenvalue weighted by Gasteiger charge is -2.12. The second kappa shape index (κ2) is 7.64. The maximum atomic E-state index is 11.8. The zero-order valence-electron chi connectivity index (χ0n) is 14.3. The molecule has 2 aromatic rings. The number of H-pyrrole nitrogens is 1. The summed E-state index contributed by atoms with van der Waals surface area (Å²) < 4.78 is 10.6. The highest BCUT2D eigenvalue weighted by molar-refractivity contribution is 5.89. The Morgan fingerprint density at radius 2 is 2.12 bits per heavy atom. The average Bonchev–Trinajstić information content (AvgIpc) is 2.95. The summed E-state index contributed by atoms with van der Waals surface area (Å²) in [4.78, 5) is 11.8. The number of benzene rings is 1. The molecule has 1 aromatic heterocycles. The lowest BCUT2D eigenvalue weighted by molar-refractivity contribution is 0.0516. The number of nitrogens with zero attached hydrogens (tertiary/aromatic N) is 2. The first-order chi connectivity index (χ1) is 11.4. The van der Waals surface area contributed by atoms with Crippen LogP contribution in [0.25, 0.3) is 0 Å². The Hall–Kier alpha value is -2.81. The number of hydrogen-bond acceptors (Lipinski definition) is 5. The van der Waals surface area contributed by atoms with Gasteiger partial charge in [-0.1, -0.05) is 43.9 Å². The molecule has 1 aromatic carbocycles. The minimum atomic E-state index is -0.581. The van der Waals surface area contributed by atoms with Crippen molar-refractivity contribution in [1.29, 1.82) is 0 Å². The second-order valence-corrected chi connectivity index (χ2v) is 6.38. The molecule has 1 N–H and O–H groups in total. The lowest BCUT2D eigenvalue weighted by atomic mass is 9.93. The molecule has 0 atom stereocenters. The van der Waals surface area contributed by atoms with E-state index in [1.807, 2.05) is 12.1 Å². The molecule has 0 aliphatic rings. The predicted octanol–water partition coefficient (Wildman–Crippen LogP) is 3.56. The number of rotatable bonds is 4. The van der Waals surface area contributed by atoms with Crippen LogP contribution in [0.15, 0.2) is 24.3 Å². The largest absolute Gasteiger partial charge is 0.461 e. The molecule has 0 saturated carbocycles. The molecule has 24 heavy (non-hydrogen) atoms. The van der Waals surface area contributed by atoms with E-state index in [-0.39, 0.29) is 23.6 Å². The predicted molar refractivity (Wildman–Crippen MR) is 89.8 cm³/mol. The van der Waals surface area contributed by atoms with Crippen molar-refractivity contribution in [1.82, 2.24) is 15.4 Å². The van der Waals surface area contributed by atoms with Crippen LogP contribution in [0.3, 0.4) is 0 Å². The standard InChI is InChI=1S/C18H21N3O3/c1-5-23-17(22)15-16(20-21-19-15)24-14-10-6-8-13(12-14)9-7-11-18(2,3)4/h6,8,10,12H,5,11H2,1-4H3,(H,19,20,21). The van der Waals surface area contributed by atoms with Gasteiger partial charge in [-0.2, -0.15) is 0 Å². The zero-order valence-corrected chi connectivity index (χ0v) is 14.3. The van der Waals surface area contributed by atoms with Crippen LogP contribution in [0.2, 0.25) is 0 Å². The molecule has 0 saturated heterocycles. The highest BCUT2D eigenvalue weighted by Gasteiger charge is 2.19. The molecule has 0 aliphatic carbocycles. The molecule has 6 heteroatoms. The molecule has 6 nitrogen and oxygen atoms in total. The fourth-order valence-corrected chi connectivity index (χ4v) is 1.79. The summed E-state index contributed by atoms with van der Waals surface area (Å²) >= 11 is 0. The summed E-state index contributed by atoms with van der Waals surface area (Å²) in [5, 5.41) is 9.84. The second-order valence-electron chi connectivity index (χ2n) is 6.38. The van der Waals surface area contributed by atoms with Gasteiger partial charge in [0.25, 0.3) is 5.88 Å². The molecule has 0 spiro atoms. The third kappa shape index (κ3) is 5.13. The van der Waals surface area contributed by atoms with Crippen molar-refractivity contribution in [2.75, 3.05) is 6.61 Å². The molecular weight excluding hydrogens is 306 g/mol. The first-order valence-corrected chi connectivity index (χ1v) is 7.74. The maximum Gasteiger partial charge on any atom is 0.364 e. The third-order valence-electron chi connectivity index (χ3n) is 2.89. The van der Waals surface area contributed by atoms with E-state index in [1.54, 1.807) is 19.1 Å². The molecule has 0 radical (unpaired) electrons. The van der Waals surface area contributed by atoms with E-state index in [9.17, 15) is 4.79 Å². The number of aromatic nitrogens is 3. The van der Waals surface area contributed by atoms with Gasteiger partial charge in [-0.15, -0.1) is 5.10 Å². The number of ether oxygens (including phenoxy) is 2. The van der Waals surface area contributed by atoms with Gasteiger partial charge in [-0.3, -0.25) is 0 Å². The van der Waals surface area contributed by atoms with Crippen LogP contribution in [0.5, 0.6) is 11.6 Å². The Morgan fingerprint density at radius 3 is 2.83 bits per heavy atom. The molecular formula is C18H21N3O3. The fourth-order valence-electron chi connectivity index (χ4n) is 1.79. The fraction of sp³-hybridized carbons (Fsp3) is 0.389. The Labute approximate surface area is 141 Å². The minimum absolute atomic E-state index is 0.0149. The van der Waals surface area contributed by atoms with Crippen LogP contribution in [0.4, 0.5) is 0 Å². The van der Waals surface area contributed by atoms with Gasteiger partial charge in [0, 0.05) is 12.0 Å². The SMILES string of the molecule is CCOC(=O)c1nn[nH]c1Oc1cccc(C#CCC(C)(C)C)c1. The van der Waals surface area contributed by atoms with Gasteiger partial charge in [0.05, 0.1) is 6.61 Å². The third-order valence-corrected chi connectivity index (χ3v) is 2.89. The van der Waals surface area contributed by atoms with Gasteiger partial charge in [0.15, 0.2) is 0 Å². The number of esters is 1. The average molecular weight is 327 g/mol. The zero-order chi connectivity index (χ0) is 17.6. The summed E-state index contributed by atoms with van der Waals surface area (Å²) in [7, 11) is 0. The molecule has 0 amide bonds. The van der Waals surface area contributed by atoms with E-state index in [0.717, 1.165) is 12.0 Å². The van der Waals surface area contributed by atoms with Crippen molar-refractivity contribution in [2.24, 2.45) is 5.41 Å². The molecule has 0 unspecified atom stereocenters. The molecule has 0 bridgehead atoms. The van der Waals surface area contributed by atoms with Crippen molar-refractivity contribution < 1.29 is 14.3 Å². The number of carbonyl (C=O) groups excluding carboxylic acids is 1. The van der Waals surface area contributed by atoms with Crippen molar-refractivity contribution in [3.63, 3.8) is 0 Å². The summed E-state index contributed by atoms with van der Waals surface area (Å²) in [5.41, 5.74) is 1.01. The van der Waals surface area contributed by atoms with Crippen molar-refractivity contribution in [2.45, 2.75) is 34.1 Å². The number of aromatic amines is 1. The topological polar surface area (TPSA) is 77.1 Å². The van der Waals surface area contributed by atoms with Gasteiger partial charge in [0.1, 0.15) is 5.75 Å². The molecule has 0 fully saturated rings. The van der Waals surface area contributed by atoms with Gasteiger partial charge < -0.3 is 9.47 Å². The molecule has 2 rings (SSSR count). The lowest BCUT2D eigenvalue weighted by Crippen LogP contribution is -2.06. The van der Waals surface area contributed by atoms with Gasteiger partial charge in [0.2, 0.25) is 5.69 Å². The van der Waals surface area contributed by atoms with E-state index in [2.05, 4.69) is 48.0 Å². The van der Waals surface area contributed by atoms with E-state index in [4.69, 9.17) is 9.47 Å². The number of nitrogens with one attached hydrogen (secondary N) is 1. The molecule has 0 aliphatic heterocycles. The van der Waals surface area contributed by atoms with Crippen molar-refractivity contribution >= 4 is 5.97 Å². The Bertz CT molecular complexity index is 764. The van der Waals surface area contributed by atoms with E-state index in [1.165, 1.54) is 0 Å². The molecule has 1 heterocycles. The number of carbonyl (C=O) groups is 1. The van der Waals surface area contributed by atoms with Crippen LogP contribution >= 0.6 is 0 Å². The quantitative estimate of drug-likeness (QED) is 0.686. The van der Waals surface area contributed by atoms with Crippen LogP contribution in [-0.4, -0.2) is 28.0 Å². The normalized spacial score (nSPS) is 10.7. The summed E-state index contributed by atoms with van der Waals surface area (Å²) in [6.07, 6.45) is 0.801. The van der Waals surface area contributed by atoms with Crippen LogP contribution in [0, 0.1) is 17.3 Å². The number of hydrogen-bond donors (Lipinski definition) is 1. The van der Waals surface area contributed by atoms with Crippen molar-refractivity contribution in [3.05, 3.63) is 35.5 Å². The highest BCUT2D eigenvalue weighted by Crippen LogP contribution is 2.23. The van der Waals surface area contributed by atoms with Crippen LogP contribution < -0.4 is 4.74 Å². The first kappa shape index (κ1) is 17.5. The minimum Gasteiger partial charge on any atom is -0.461 e. The van der Waals surface area contributed by atoms with Gasteiger partial charge >= 0.3 is 5.97 Å². The maximum absolute atomic E-state index is 11.8. The van der Waals surface area contributed by atoms with Gasteiger partial charge in [-0.05, 0) is 30.5 Å². The first-order valence-electron chi connectivity index (χ1n) is 7.74. The van der Waals surface area contributed by atoms with E-state index in [0.29, 0.717) is 5.75 Å². The van der Waals surface area contributed by atoms with Gasteiger partial charge in [-0.25, -0.2) is 9.89 Å². The summed E-state index contributed by atoms with van der Waals surface area (Å²) in [5.74, 6) is 6.38. The van der Waals surface area contributed by atoms with E-state index >= 15 is 0 Å². The van der Waals surface area contributed by atoms with Crippen molar-refractivity contribution in [3.8, 4) is 23.5 Å². The molecule has 126 valence electrons. The Kier molecular flexibility index (Phi) is 5.59. The highest BCUT2D eigenvalue weighted by atomic mass is 16.5. The summed E-state index contributed by atoms with van der Waals surface area (Å²) in [6, 6.07) is 7.31. The summed E-state index contributed by atoms with van der Waals surface area (Å²) in [6.45, 7) is 8.40. The smallest absolute Gasteiger partial charge is 0.364 e. The van der Waals surface area contributed by atoms with Crippen LogP contribution in [0.1, 0.15) is 50.2 Å². The van der Waals surface area contributed by atoms with E-state index < -0.39 is 5.97 Å². The van der Waals surface area contributed by atoms with Crippen LogP contribution in [-0.2, 0) is 4.74 Å². The Balaban J connectivity index is 2.13. The Morgan fingerprint density at radius 1 is 1.33 bits per heavy atom. The monoisotopic (exact) mass is 327 g/mol.